The average Bonchev–Trinajstić information content (AvgIpc) is 2.61. The minimum absolute atomic E-state index is 0.118. The summed E-state index contributed by atoms with van der Waals surface area (Å²) in [5.74, 6) is 0.955. The van der Waals surface area contributed by atoms with Crippen molar-refractivity contribution in [3.8, 4) is 0 Å². The van der Waals surface area contributed by atoms with Crippen LogP contribution < -0.4 is 9.80 Å². The number of piperidine rings is 2. The third-order valence-electron chi connectivity index (χ3n) is 7.44. The van der Waals surface area contributed by atoms with Crippen LogP contribution in [0.15, 0.2) is 0 Å². The van der Waals surface area contributed by atoms with Gasteiger partial charge >= 0.3 is 6.35 Å². The summed E-state index contributed by atoms with van der Waals surface area (Å²) in [6, 6.07) is 0. The fraction of sp³-hybridized carbons (Fsp3) is 0.947. The predicted octanol–water partition coefficient (Wildman–Crippen LogP) is -3.97. The number of nitrogens with one attached hydrogen (secondary N) is 2. The van der Waals surface area contributed by atoms with E-state index < -0.39 is 24.9 Å². The Bertz CT molecular complexity index is 522. The van der Waals surface area contributed by atoms with Crippen LogP contribution in [0.5, 0.6) is 0 Å². The van der Waals surface area contributed by atoms with Gasteiger partial charge in [-0.3, -0.25) is 19.3 Å². The molecule has 8 nitrogen and oxygen atoms in total. The zero-order chi connectivity index (χ0) is 20.1. The molecule has 4 bridgehead atoms. The highest BCUT2D eigenvalue weighted by Gasteiger charge is 2.73. The van der Waals surface area contributed by atoms with Gasteiger partial charge in [0.15, 0.2) is 5.78 Å². The molecule has 4 saturated heterocycles. The first-order chi connectivity index (χ1) is 12.6. The maximum atomic E-state index is 13.5. The van der Waals surface area contributed by atoms with Gasteiger partial charge in [0.1, 0.15) is 55.3 Å². The van der Waals surface area contributed by atoms with E-state index in [1.54, 1.807) is 0 Å². The van der Waals surface area contributed by atoms with E-state index in [2.05, 4.69) is 27.7 Å². The molecule has 4 aliphatic rings. The molecule has 0 spiro atoms. The number of carbonyl (C=O) groups excluding carboxylic acids is 1. The molecule has 4 rings (SSSR count). The van der Waals surface area contributed by atoms with E-state index >= 15 is 0 Å². The fourth-order valence-electron chi connectivity index (χ4n) is 5.58. The van der Waals surface area contributed by atoms with Crippen molar-refractivity contribution in [1.82, 2.24) is 0 Å². The number of rotatable bonds is 8. The van der Waals surface area contributed by atoms with Crippen molar-refractivity contribution in [1.29, 1.82) is 0 Å². The summed E-state index contributed by atoms with van der Waals surface area (Å²) in [6.07, 6.45) is -4.31. The SMILES string of the molecule is CC(C)C12C[NH+]3CC(C(C)C)(C[NH+](C1)C3OC[C@H](O)[C@@H](O)[C@H](O)CO)C2=O. The van der Waals surface area contributed by atoms with Crippen LogP contribution >= 0.6 is 0 Å². The molecule has 0 aliphatic carbocycles. The second-order valence-corrected chi connectivity index (χ2v) is 9.50. The highest BCUT2D eigenvalue weighted by molar-refractivity contribution is 5.92. The predicted molar refractivity (Wildman–Crippen MR) is 95.8 cm³/mol. The van der Waals surface area contributed by atoms with Crippen LogP contribution in [-0.2, 0) is 9.53 Å². The monoisotopic (exact) mass is 388 g/mol. The van der Waals surface area contributed by atoms with Crippen molar-refractivity contribution < 1.29 is 39.8 Å². The summed E-state index contributed by atoms with van der Waals surface area (Å²) >= 11 is 0. The van der Waals surface area contributed by atoms with Crippen molar-refractivity contribution >= 4 is 5.78 Å². The molecule has 4 aliphatic heterocycles. The van der Waals surface area contributed by atoms with Crippen LogP contribution in [0.25, 0.3) is 0 Å². The van der Waals surface area contributed by atoms with E-state index in [-0.39, 0.29) is 35.6 Å². The van der Waals surface area contributed by atoms with Gasteiger partial charge in [0.2, 0.25) is 0 Å². The van der Waals surface area contributed by atoms with Gasteiger partial charge in [-0.25, -0.2) is 0 Å². The summed E-state index contributed by atoms with van der Waals surface area (Å²) in [5.41, 5.74) is -0.646. The van der Waals surface area contributed by atoms with Crippen molar-refractivity contribution in [2.24, 2.45) is 22.7 Å². The molecule has 27 heavy (non-hydrogen) atoms. The van der Waals surface area contributed by atoms with E-state index in [1.165, 1.54) is 9.80 Å². The van der Waals surface area contributed by atoms with Crippen LogP contribution in [0, 0.1) is 22.7 Å². The summed E-state index contributed by atoms with van der Waals surface area (Å²) in [7, 11) is 0. The summed E-state index contributed by atoms with van der Waals surface area (Å²) in [6.45, 7) is 10.7. The number of carbonyl (C=O) groups is 1. The summed E-state index contributed by atoms with van der Waals surface area (Å²) in [5, 5.41) is 38.3. The van der Waals surface area contributed by atoms with Gasteiger partial charge < -0.3 is 20.4 Å². The third-order valence-corrected chi connectivity index (χ3v) is 7.44. The number of aliphatic hydroxyl groups excluding tert-OH is 4. The third kappa shape index (κ3) is 3.15. The van der Waals surface area contributed by atoms with Gasteiger partial charge in [-0.1, -0.05) is 27.7 Å². The number of aliphatic hydroxyl groups is 4. The fourth-order valence-corrected chi connectivity index (χ4v) is 5.58. The van der Waals surface area contributed by atoms with Crippen LogP contribution in [-0.4, -0.2) is 90.3 Å². The second kappa shape index (κ2) is 7.33. The molecular formula is C19H36N2O6+2. The minimum atomic E-state index is -1.45. The Kier molecular flexibility index (Phi) is 5.73. The normalized spacial score (nSPS) is 41.4. The molecule has 0 aromatic heterocycles. The Balaban J connectivity index is 1.75. The molecule has 8 heteroatoms. The first kappa shape index (κ1) is 21.1. The zero-order valence-corrected chi connectivity index (χ0v) is 16.8. The number of ether oxygens (including phenoxy) is 1. The largest absolute Gasteiger partial charge is 0.394 e. The topological polar surface area (TPSA) is 116 Å². The smallest absolute Gasteiger partial charge is 0.329 e. The lowest BCUT2D eigenvalue weighted by Crippen LogP contribution is -3.45. The molecule has 6 N–H and O–H groups in total. The lowest BCUT2D eigenvalue weighted by atomic mass is 9.54. The molecular weight excluding hydrogens is 352 g/mol. The molecule has 156 valence electrons. The van der Waals surface area contributed by atoms with Gasteiger partial charge in [-0.15, -0.1) is 0 Å². The maximum Gasteiger partial charge on any atom is 0.329 e. The molecule has 4 heterocycles. The van der Waals surface area contributed by atoms with E-state index in [9.17, 15) is 20.1 Å². The quantitative estimate of drug-likeness (QED) is 0.253. The Labute approximate surface area is 160 Å². The van der Waals surface area contributed by atoms with E-state index in [4.69, 9.17) is 9.84 Å². The Morgan fingerprint density at radius 2 is 1.41 bits per heavy atom. The molecule has 4 fully saturated rings. The molecule has 0 saturated carbocycles. The number of Topliss-reactive ketones (excluding diaryl/α,β-unsaturated/α-hetero) is 1. The van der Waals surface area contributed by atoms with E-state index in [0.717, 1.165) is 26.2 Å². The van der Waals surface area contributed by atoms with Crippen LogP contribution in [0.2, 0.25) is 0 Å². The van der Waals surface area contributed by atoms with Gasteiger partial charge in [-0.2, -0.15) is 0 Å². The highest BCUT2D eigenvalue weighted by atomic mass is 16.5. The molecule has 0 radical (unpaired) electrons. The van der Waals surface area contributed by atoms with Crippen LogP contribution in [0.1, 0.15) is 27.7 Å². The number of hydrogen-bond acceptors (Lipinski definition) is 6. The summed E-state index contributed by atoms with van der Waals surface area (Å²) < 4.78 is 5.99. The summed E-state index contributed by atoms with van der Waals surface area (Å²) in [4.78, 5) is 15.9. The van der Waals surface area contributed by atoms with Crippen LogP contribution in [0.3, 0.4) is 0 Å². The molecule has 0 unspecified atom stereocenters. The second-order valence-electron chi connectivity index (χ2n) is 9.50. The van der Waals surface area contributed by atoms with Crippen LogP contribution in [0.4, 0.5) is 0 Å². The lowest BCUT2D eigenvalue weighted by molar-refractivity contribution is -1.19. The van der Waals surface area contributed by atoms with Gasteiger partial charge in [0, 0.05) is 0 Å². The maximum absolute atomic E-state index is 13.5. The van der Waals surface area contributed by atoms with Crippen molar-refractivity contribution in [3.05, 3.63) is 0 Å². The molecule has 0 aromatic carbocycles. The Hall–Kier alpha value is -0.610. The van der Waals surface area contributed by atoms with E-state index in [1.807, 2.05) is 0 Å². The zero-order valence-electron chi connectivity index (χ0n) is 16.8. The highest BCUT2D eigenvalue weighted by Crippen LogP contribution is 2.43. The molecule has 0 aromatic rings. The van der Waals surface area contributed by atoms with Gasteiger partial charge in [0.25, 0.3) is 0 Å². The first-order valence-electron chi connectivity index (χ1n) is 10.1. The number of hydrogen-bond donors (Lipinski definition) is 6. The number of ketones is 1. The first-order valence-corrected chi connectivity index (χ1v) is 10.1. The van der Waals surface area contributed by atoms with Crippen molar-refractivity contribution in [2.75, 3.05) is 39.4 Å². The Morgan fingerprint density at radius 3 is 1.78 bits per heavy atom. The van der Waals surface area contributed by atoms with Crippen molar-refractivity contribution in [3.63, 3.8) is 0 Å². The molecule has 3 atom stereocenters. The molecule has 0 amide bonds. The van der Waals surface area contributed by atoms with Crippen molar-refractivity contribution in [2.45, 2.75) is 52.4 Å². The average molecular weight is 389 g/mol. The van der Waals surface area contributed by atoms with Gasteiger partial charge in [-0.05, 0) is 11.8 Å². The minimum Gasteiger partial charge on any atom is -0.394 e. The standard InChI is InChI=1S/C19H34N2O6/c1-11(2)18-7-20-9-19(12(3)4,16(18)26)10-21(8-18)17(20)27-6-14(24)15(25)13(23)5-22/h11-15,17,22-25H,5-10H2,1-4H3/p+2/t13-,14+,15+,17?,18?,19?/m1/s1. The van der Waals surface area contributed by atoms with E-state index in [0.29, 0.717) is 5.78 Å². The van der Waals surface area contributed by atoms with Gasteiger partial charge in [0.05, 0.1) is 13.2 Å². The number of quaternary nitrogens is 2. The Morgan fingerprint density at radius 1 is 0.963 bits per heavy atom. The lowest BCUT2D eigenvalue weighted by Gasteiger charge is -2.62.